The number of thioether (sulfide) groups is 1. The Hall–Kier alpha value is -3.51. The van der Waals surface area contributed by atoms with Crippen molar-refractivity contribution in [3.63, 3.8) is 0 Å². The number of carboxylic acids is 1. The van der Waals surface area contributed by atoms with Crippen LogP contribution in [0.3, 0.4) is 0 Å². The number of ether oxygens (including phenoxy) is 1. The van der Waals surface area contributed by atoms with Crippen LogP contribution in [-0.4, -0.2) is 44.5 Å². The maximum atomic E-state index is 10.9. The largest absolute Gasteiger partial charge is 0.481 e. The highest BCUT2D eigenvalue weighted by Crippen LogP contribution is 2.27. The fourth-order valence-corrected chi connectivity index (χ4v) is 2.94. The van der Waals surface area contributed by atoms with Gasteiger partial charge in [0.05, 0.1) is 23.8 Å². The number of terminal acetylenes is 1. The zero-order chi connectivity index (χ0) is 19.9. The second-order valence-corrected chi connectivity index (χ2v) is 6.41. The molecule has 9 heteroatoms. The quantitative estimate of drug-likeness (QED) is 0.355. The van der Waals surface area contributed by atoms with E-state index in [1.54, 1.807) is 31.5 Å². The highest BCUT2D eigenvalue weighted by molar-refractivity contribution is 7.99. The first-order valence-corrected chi connectivity index (χ1v) is 9.13. The van der Waals surface area contributed by atoms with Gasteiger partial charge in [-0.1, -0.05) is 29.8 Å². The van der Waals surface area contributed by atoms with Crippen molar-refractivity contribution in [2.75, 3.05) is 12.4 Å². The molecule has 0 atom stereocenters. The number of rotatable bonds is 8. The van der Waals surface area contributed by atoms with E-state index < -0.39 is 5.97 Å². The van der Waals surface area contributed by atoms with Crippen LogP contribution < -0.4 is 4.74 Å². The lowest BCUT2D eigenvalue weighted by Crippen LogP contribution is -2.02. The van der Waals surface area contributed by atoms with E-state index in [-0.39, 0.29) is 12.4 Å². The predicted molar refractivity (Wildman–Crippen MR) is 105 cm³/mol. The van der Waals surface area contributed by atoms with Gasteiger partial charge in [0.2, 0.25) is 5.16 Å². The minimum atomic E-state index is -0.961. The number of carbonyl (C=O) groups is 1. The highest BCUT2D eigenvalue weighted by Gasteiger charge is 2.18. The topological polar surface area (TPSA) is 103 Å². The van der Waals surface area contributed by atoms with Crippen molar-refractivity contribution < 1.29 is 19.1 Å². The van der Waals surface area contributed by atoms with E-state index in [2.05, 4.69) is 21.2 Å². The van der Waals surface area contributed by atoms with Crippen LogP contribution in [0.5, 0.6) is 5.75 Å². The maximum Gasteiger partial charge on any atom is 0.313 e. The lowest BCUT2D eigenvalue weighted by Gasteiger charge is -2.06. The van der Waals surface area contributed by atoms with Crippen molar-refractivity contribution in [2.45, 2.75) is 12.1 Å². The lowest BCUT2D eigenvalue weighted by molar-refractivity contribution is -0.133. The second-order valence-electron chi connectivity index (χ2n) is 5.47. The van der Waals surface area contributed by atoms with E-state index in [0.29, 0.717) is 33.6 Å². The molecule has 0 saturated carbocycles. The van der Waals surface area contributed by atoms with Crippen molar-refractivity contribution in [1.82, 2.24) is 14.9 Å². The summed E-state index contributed by atoms with van der Waals surface area (Å²) < 4.78 is 12.3. The number of aromatic nitrogens is 3. The minimum absolute atomic E-state index is 0.136. The molecule has 8 nitrogen and oxygen atoms in total. The molecule has 0 aliphatic carbocycles. The van der Waals surface area contributed by atoms with Crippen LogP contribution in [0.15, 0.2) is 51.3 Å². The number of nitrogens with zero attached hydrogens (tertiary/aromatic N) is 4. The summed E-state index contributed by atoms with van der Waals surface area (Å²) in [6, 6.07) is 9.04. The van der Waals surface area contributed by atoms with Gasteiger partial charge in [0.15, 0.2) is 5.82 Å². The molecule has 0 saturated heterocycles. The molecule has 1 N–H and O–H groups in total. The molecule has 142 valence electrons. The molecule has 0 bridgehead atoms. The van der Waals surface area contributed by atoms with Gasteiger partial charge in [0.1, 0.15) is 18.1 Å². The highest BCUT2D eigenvalue weighted by atomic mass is 32.2. The average Bonchev–Trinajstić information content (AvgIpc) is 3.29. The number of furan rings is 1. The first-order chi connectivity index (χ1) is 13.6. The van der Waals surface area contributed by atoms with Crippen LogP contribution in [0.2, 0.25) is 0 Å². The molecule has 0 fully saturated rings. The Bertz CT molecular complexity index is 1050. The van der Waals surface area contributed by atoms with Crippen LogP contribution in [0, 0.1) is 19.3 Å². The Balaban J connectivity index is 1.99. The van der Waals surface area contributed by atoms with Crippen LogP contribution in [0.1, 0.15) is 11.3 Å². The maximum absolute atomic E-state index is 10.9. The predicted octanol–water partition coefficient (Wildman–Crippen LogP) is 2.92. The Morgan fingerprint density at radius 3 is 2.96 bits per heavy atom. The Morgan fingerprint density at radius 1 is 1.43 bits per heavy atom. The third kappa shape index (κ3) is 4.42. The van der Waals surface area contributed by atoms with Crippen molar-refractivity contribution >= 4 is 23.9 Å². The van der Waals surface area contributed by atoms with Crippen molar-refractivity contribution in [3.05, 3.63) is 47.9 Å². The van der Waals surface area contributed by atoms with Gasteiger partial charge in [0.25, 0.3) is 0 Å². The summed E-state index contributed by atoms with van der Waals surface area (Å²) in [5.41, 5.74) is 1.42. The number of hydrogen-bond acceptors (Lipinski definition) is 7. The third-order valence-corrected chi connectivity index (χ3v) is 4.48. The zero-order valence-corrected chi connectivity index (χ0v) is 15.7. The molecule has 3 rings (SSSR count). The number of hydrogen-bond donors (Lipinski definition) is 1. The van der Waals surface area contributed by atoms with Crippen molar-refractivity contribution in [3.8, 4) is 29.5 Å². The van der Waals surface area contributed by atoms with E-state index in [1.165, 1.54) is 4.68 Å². The monoisotopic (exact) mass is 396 g/mol. The molecule has 0 amide bonds. The summed E-state index contributed by atoms with van der Waals surface area (Å²) in [6.45, 7) is 1.93. The lowest BCUT2D eigenvalue weighted by atomic mass is 10.2. The minimum Gasteiger partial charge on any atom is -0.481 e. The van der Waals surface area contributed by atoms with Gasteiger partial charge in [-0.2, -0.15) is 9.78 Å². The summed E-state index contributed by atoms with van der Waals surface area (Å²) in [7, 11) is 0. The molecule has 0 aliphatic rings. The van der Waals surface area contributed by atoms with E-state index in [0.717, 1.165) is 11.8 Å². The molecule has 2 heterocycles. The Kier molecular flexibility index (Phi) is 6.14. The standard InChI is InChI=1S/C19H16N4O4S/c1-3-9-27-16-7-5-4-6-14(16)11-20-23-18(15-8-10-26-13(15)2)21-22-19(23)28-12-17(24)25/h1,4-8,10-11H,9,12H2,2H3,(H,24,25)/b20-11-. The number of aryl methyl sites for hydroxylation is 1. The zero-order valence-electron chi connectivity index (χ0n) is 14.9. The van der Waals surface area contributed by atoms with Crippen molar-refractivity contribution in [2.24, 2.45) is 5.10 Å². The fourth-order valence-electron chi connectivity index (χ4n) is 2.33. The van der Waals surface area contributed by atoms with Gasteiger partial charge >= 0.3 is 5.97 Å². The summed E-state index contributed by atoms with van der Waals surface area (Å²) >= 11 is 1.02. The molecule has 28 heavy (non-hydrogen) atoms. The van der Waals surface area contributed by atoms with Gasteiger partial charge in [-0.25, -0.2) is 0 Å². The molecule has 0 unspecified atom stereocenters. The third-order valence-electron chi connectivity index (χ3n) is 3.58. The van der Waals surface area contributed by atoms with E-state index in [4.69, 9.17) is 20.7 Å². The van der Waals surface area contributed by atoms with E-state index >= 15 is 0 Å². The molecule has 0 spiro atoms. The van der Waals surface area contributed by atoms with Crippen LogP contribution in [0.4, 0.5) is 0 Å². The summed E-state index contributed by atoms with van der Waals surface area (Å²) in [5.74, 6) is 2.97. The van der Waals surface area contributed by atoms with Crippen LogP contribution >= 0.6 is 11.8 Å². The average molecular weight is 396 g/mol. The van der Waals surface area contributed by atoms with E-state index in [1.807, 2.05) is 18.2 Å². The fraction of sp³-hybridized carbons (Fsp3) is 0.158. The van der Waals surface area contributed by atoms with E-state index in [9.17, 15) is 4.79 Å². The molecule has 0 radical (unpaired) electrons. The Morgan fingerprint density at radius 2 is 2.25 bits per heavy atom. The van der Waals surface area contributed by atoms with Gasteiger partial charge < -0.3 is 14.3 Å². The molecule has 1 aromatic carbocycles. The smallest absolute Gasteiger partial charge is 0.313 e. The summed E-state index contributed by atoms with van der Waals surface area (Å²) in [5, 5.41) is 22.0. The van der Waals surface area contributed by atoms with Crippen LogP contribution in [-0.2, 0) is 4.79 Å². The number of benzene rings is 1. The number of carboxylic acid groups (broad SMARTS) is 1. The second kappa shape index (κ2) is 8.92. The molecule has 2 aromatic heterocycles. The molecular weight excluding hydrogens is 380 g/mol. The van der Waals surface area contributed by atoms with Crippen molar-refractivity contribution in [1.29, 1.82) is 0 Å². The molecular formula is C19H16N4O4S. The number of para-hydroxylation sites is 1. The first kappa shape index (κ1) is 19.3. The van der Waals surface area contributed by atoms with Gasteiger partial charge in [-0.3, -0.25) is 4.79 Å². The van der Waals surface area contributed by atoms with Gasteiger partial charge in [0, 0.05) is 5.56 Å². The normalized spacial score (nSPS) is 10.9. The van der Waals surface area contributed by atoms with Gasteiger partial charge in [-0.15, -0.1) is 16.6 Å². The molecule has 3 aromatic rings. The Labute approximate surface area is 165 Å². The SMILES string of the molecule is C#CCOc1ccccc1/C=N\n1c(SCC(=O)O)nnc1-c1ccoc1C. The summed E-state index contributed by atoms with van der Waals surface area (Å²) in [4.78, 5) is 10.9. The molecule has 0 aliphatic heterocycles. The van der Waals surface area contributed by atoms with Crippen LogP contribution in [0.25, 0.3) is 11.4 Å². The summed E-state index contributed by atoms with van der Waals surface area (Å²) in [6.07, 6.45) is 8.38. The number of aliphatic carboxylic acids is 1. The van der Waals surface area contributed by atoms with Gasteiger partial charge in [-0.05, 0) is 25.1 Å². The first-order valence-electron chi connectivity index (χ1n) is 8.14.